The molecule has 1 spiro atoms. The molecule has 1 amide bonds. The van der Waals surface area contributed by atoms with E-state index in [-0.39, 0.29) is 12.0 Å². The molecule has 3 N–H and O–H groups in total. The number of alkyl halides is 2. The second-order valence-corrected chi connectivity index (χ2v) is 12.9. The van der Waals surface area contributed by atoms with Crippen LogP contribution >= 0.6 is 23.2 Å². The largest absolute Gasteiger partial charge is 0.369 e. The lowest BCUT2D eigenvalue weighted by Crippen LogP contribution is -2.69. The van der Waals surface area contributed by atoms with Crippen molar-refractivity contribution in [2.75, 3.05) is 36.3 Å². The molecule has 8 atom stereocenters. The van der Waals surface area contributed by atoms with E-state index in [0.717, 1.165) is 62.9 Å². The smallest absolute Gasteiger partial charge is 0.237 e. The second-order valence-electron chi connectivity index (χ2n) is 12.2. The SMILES string of the molecule is CC1C(CCCNC(=O)C(N)Cc2ccc(N(CCCl)CCCl)cc2)OC2OC3(C)CCC4CCCC1C42OO3. The van der Waals surface area contributed by atoms with Gasteiger partial charge in [0.15, 0.2) is 11.9 Å². The van der Waals surface area contributed by atoms with E-state index in [9.17, 15) is 4.79 Å². The highest BCUT2D eigenvalue weighted by molar-refractivity contribution is 6.18. The highest BCUT2D eigenvalue weighted by Crippen LogP contribution is 2.59. The number of ether oxygens (including phenoxy) is 2. The molecule has 4 saturated heterocycles. The zero-order valence-corrected chi connectivity index (χ0v) is 25.3. The molecule has 4 heterocycles. The minimum absolute atomic E-state index is 0.0483. The van der Waals surface area contributed by atoms with Crippen molar-refractivity contribution < 1.29 is 24.0 Å². The third-order valence-electron chi connectivity index (χ3n) is 9.61. The van der Waals surface area contributed by atoms with Gasteiger partial charge in [-0.05, 0) is 75.0 Å². The topological polar surface area (TPSA) is 95.3 Å². The van der Waals surface area contributed by atoms with Gasteiger partial charge in [0.05, 0.1) is 12.1 Å². The van der Waals surface area contributed by atoms with Gasteiger partial charge in [0.1, 0.15) is 0 Å². The van der Waals surface area contributed by atoms with Crippen molar-refractivity contribution >= 4 is 34.8 Å². The molecular formula is C30H45Cl2N3O5. The summed E-state index contributed by atoms with van der Waals surface area (Å²) >= 11 is 11.8. The molecule has 1 aromatic rings. The maximum atomic E-state index is 12.7. The first-order valence-corrected chi connectivity index (χ1v) is 16.1. The lowest BCUT2D eigenvalue weighted by molar-refractivity contribution is -0.569. The van der Waals surface area contributed by atoms with Crippen LogP contribution in [-0.4, -0.2) is 67.1 Å². The molecule has 8 nitrogen and oxygen atoms in total. The van der Waals surface area contributed by atoms with Crippen LogP contribution in [0.3, 0.4) is 0 Å². The Labute approximate surface area is 248 Å². The van der Waals surface area contributed by atoms with Gasteiger partial charge in [0.2, 0.25) is 11.7 Å². The van der Waals surface area contributed by atoms with Crippen molar-refractivity contribution in [2.45, 2.75) is 95.0 Å². The second kappa shape index (κ2) is 13.0. The summed E-state index contributed by atoms with van der Waals surface area (Å²) in [6, 6.07) is 7.48. The van der Waals surface area contributed by atoms with Gasteiger partial charge in [0.25, 0.3) is 0 Å². The third-order valence-corrected chi connectivity index (χ3v) is 9.94. The Morgan fingerprint density at radius 2 is 1.90 bits per heavy atom. The van der Waals surface area contributed by atoms with Gasteiger partial charge in [-0.1, -0.05) is 25.5 Å². The van der Waals surface area contributed by atoms with Crippen LogP contribution in [0.5, 0.6) is 0 Å². The average Bonchev–Trinajstić information content (AvgIpc) is 3.18. The fraction of sp³-hybridized carbons (Fsp3) is 0.767. The fourth-order valence-corrected chi connectivity index (χ4v) is 7.78. The van der Waals surface area contributed by atoms with E-state index in [1.165, 1.54) is 6.42 Å². The van der Waals surface area contributed by atoms with Gasteiger partial charge in [-0.3, -0.25) is 4.79 Å². The maximum absolute atomic E-state index is 12.7. The molecular weight excluding hydrogens is 553 g/mol. The van der Waals surface area contributed by atoms with E-state index < -0.39 is 23.7 Å². The number of hydrogen-bond acceptors (Lipinski definition) is 7. The standard InChI is InChI=1S/C30H45Cl2N3O5/c1-20-24-6-3-5-22-12-13-29(2)38-28(30(22,24)40-39-29)37-26(20)7-4-16-34-27(36)25(33)19-21-8-10-23(11-9-21)35(17-14-31)18-15-32/h8-11,20,22,24-26,28H,3-7,12-19,33H2,1-2H3,(H,34,36). The van der Waals surface area contributed by atoms with Gasteiger partial charge < -0.3 is 25.4 Å². The maximum Gasteiger partial charge on any atom is 0.237 e. The van der Waals surface area contributed by atoms with Gasteiger partial charge in [-0.25, -0.2) is 9.78 Å². The molecule has 0 radical (unpaired) electrons. The van der Waals surface area contributed by atoms with E-state index in [2.05, 4.69) is 17.1 Å². The van der Waals surface area contributed by atoms with E-state index in [1.807, 2.05) is 31.2 Å². The lowest BCUT2D eigenvalue weighted by atomic mass is 9.60. The monoisotopic (exact) mass is 597 g/mol. The van der Waals surface area contributed by atoms with E-state index in [0.29, 0.717) is 42.5 Å². The summed E-state index contributed by atoms with van der Waals surface area (Å²) in [6.45, 7) is 6.25. The lowest BCUT2D eigenvalue weighted by Gasteiger charge is -2.59. The number of nitrogens with one attached hydrogen (secondary N) is 1. The first kappa shape index (κ1) is 30.3. The molecule has 5 aliphatic rings. The van der Waals surface area contributed by atoms with Crippen LogP contribution in [0.25, 0.3) is 0 Å². The number of carbonyl (C=O) groups is 1. The minimum Gasteiger partial charge on any atom is -0.369 e. The molecule has 1 aliphatic carbocycles. The van der Waals surface area contributed by atoms with E-state index in [4.69, 9.17) is 48.2 Å². The number of benzene rings is 1. The summed E-state index contributed by atoms with van der Waals surface area (Å²) in [6.07, 6.45) is 7.07. The number of amides is 1. The molecule has 8 unspecified atom stereocenters. The predicted molar refractivity (Wildman–Crippen MR) is 156 cm³/mol. The van der Waals surface area contributed by atoms with E-state index >= 15 is 0 Å². The van der Waals surface area contributed by atoms with Crippen LogP contribution in [0.4, 0.5) is 5.69 Å². The Bertz CT molecular complexity index is 996. The summed E-state index contributed by atoms with van der Waals surface area (Å²) in [5.74, 6) is 1.24. The van der Waals surface area contributed by atoms with Gasteiger partial charge in [0, 0.05) is 49.4 Å². The molecule has 0 aromatic heterocycles. The molecule has 224 valence electrons. The van der Waals surface area contributed by atoms with Gasteiger partial charge in [-0.15, -0.1) is 23.2 Å². The molecule has 1 aromatic carbocycles. The molecule has 40 heavy (non-hydrogen) atoms. The number of rotatable bonds is 12. The van der Waals surface area contributed by atoms with E-state index in [1.54, 1.807) is 0 Å². The van der Waals surface area contributed by atoms with Crippen LogP contribution in [0.1, 0.15) is 64.4 Å². The average molecular weight is 599 g/mol. The van der Waals surface area contributed by atoms with Crippen LogP contribution in [0, 0.1) is 17.8 Å². The number of nitrogens with zero attached hydrogens (tertiary/aromatic N) is 1. The van der Waals surface area contributed by atoms with Crippen molar-refractivity contribution in [1.82, 2.24) is 5.32 Å². The minimum atomic E-state index is -0.749. The zero-order valence-electron chi connectivity index (χ0n) is 23.8. The number of halogens is 2. The fourth-order valence-electron chi connectivity index (χ4n) is 7.37. The van der Waals surface area contributed by atoms with Crippen LogP contribution < -0.4 is 16.0 Å². The van der Waals surface area contributed by atoms with Crippen molar-refractivity contribution in [3.63, 3.8) is 0 Å². The Morgan fingerprint density at radius 1 is 1.15 bits per heavy atom. The summed E-state index contributed by atoms with van der Waals surface area (Å²) in [5.41, 5.74) is 7.83. The summed E-state index contributed by atoms with van der Waals surface area (Å²) in [4.78, 5) is 26.9. The summed E-state index contributed by atoms with van der Waals surface area (Å²) in [7, 11) is 0. The highest BCUT2D eigenvalue weighted by Gasteiger charge is 2.67. The number of nitrogens with two attached hydrogens (primary N) is 1. The molecule has 6 rings (SSSR count). The summed E-state index contributed by atoms with van der Waals surface area (Å²) < 4.78 is 13.0. The quantitative estimate of drug-likeness (QED) is 0.204. The van der Waals surface area contributed by atoms with Crippen LogP contribution in [0.15, 0.2) is 24.3 Å². The molecule has 4 aliphatic heterocycles. The molecule has 5 fully saturated rings. The van der Waals surface area contributed by atoms with Crippen molar-refractivity contribution in [1.29, 1.82) is 0 Å². The third kappa shape index (κ3) is 6.14. The highest BCUT2D eigenvalue weighted by atomic mass is 35.5. The van der Waals surface area contributed by atoms with Gasteiger partial charge >= 0.3 is 0 Å². The van der Waals surface area contributed by atoms with Crippen LogP contribution in [0.2, 0.25) is 0 Å². The Balaban J connectivity index is 1.10. The first-order valence-electron chi connectivity index (χ1n) is 15.0. The normalized spacial score (nSPS) is 35.5. The van der Waals surface area contributed by atoms with Crippen LogP contribution in [-0.2, 0) is 30.5 Å². The first-order chi connectivity index (χ1) is 19.3. The molecule has 2 bridgehead atoms. The zero-order chi connectivity index (χ0) is 28.3. The van der Waals surface area contributed by atoms with Crippen molar-refractivity contribution in [3.8, 4) is 0 Å². The Hall–Kier alpha value is -1.13. The number of anilines is 1. The van der Waals surface area contributed by atoms with Gasteiger partial charge in [-0.2, -0.15) is 0 Å². The van der Waals surface area contributed by atoms with Crippen molar-refractivity contribution in [3.05, 3.63) is 29.8 Å². The van der Waals surface area contributed by atoms with Crippen molar-refractivity contribution in [2.24, 2.45) is 23.5 Å². The molecule has 10 heteroatoms. The molecule has 1 saturated carbocycles. The predicted octanol–water partition coefficient (Wildman–Crippen LogP) is 4.74. The number of fused-ring (bicyclic) bond motifs is 2. The Morgan fingerprint density at radius 3 is 2.62 bits per heavy atom. The number of carbonyl (C=O) groups excluding carboxylic acids is 1. The Kier molecular flexibility index (Phi) is 9.88. The number of hydrogen-bond donors (Lipinski definition) is 2. The summed E-state index contributed by atoms with van der Waals surface area (Å²) in [5, 5.41) is 3.03.